The van der Waals surface area contributed by atoms with Crippen molar-refractivity contribution in [2.75, 3.05) is 0 Å². The fourth-order valence-electron chi connectivity index (χ4n) is 5.92. The lowest BCUT2D eigenvalue weighted by Crippen LogP contribution is -1.84. The molecule has 0 amide bonds. The van der Waals surface area contributed by atoms with Crippen molar-refractivity contribution in [1.82, 2.24) is 0 Å². The molecule has 0 spiro atoms. The highest BCUT2D eigenvalue weighted by atomic mass is 127. The fraction of sp³-hybridized carbons (Fsp3) is 0. The molecule has 0 atom stereocenters. The van der Waals surface area contributed by atoms with Crippen LogP contribution in [0.25, 0.3) is 77.2 Å². The number of benzene rings is 7. The Bertz CT molecular complexity index is 2220. The number of halogens is 1. The minimum absolute atomic E-state index is 0.925. The van der Waals surface area contributed by atoms with Gasteiger partial charge < -0.3 is 4.42 Å². The predicted molar refractivity (Wildman–Crippen MR) is 186 cm³/mol. The van der Waals surface area contributed by atoms with Gasteiger partial charge >= 0.3 is 0 Å². The molecule has 0 radical (unpaired) electrons. The van der Waals surface area contributed by atoms with Crippen LogP contribution in [0.4, 0.5) is 0 Å². The maximum Gasteiger partial charge on any atom is 0.143 e. The summed E-state index contributed by atoms with van der Waals surface area (Å²) in [6, 6.07) is 54.5. The Morgan fingerprint density at radius 1 is 0.381 bits per heavy atom. The molecule has 0 saturated heterocycles. The van der Waals surface area contributed by atoms with E-state index in [1.54, 1.807) is 0 Å². The quantitative estimate of drug-likeness (QED) is 0.173. The van der Waals surface area contributed by atoms with Gasteiger partial charge in [0.05, 0.1) is 0 Å². The Labute approximate surface area is 258 Å². The maximum atomic E-state index is 6.28. The molecule has 8 rings (SSSR count). The largest absolute Gasteiger partial charge is 0.455 e. The van der Waals surface area contributed by atoms with Crippen LogP contribution in [0, 0.1) is 3.57 Å². The summed E-state index contributed by atoms with van der Waals surface area (Å²) in [4.78, 5) is 0. The van der Waals surface area contributed by atoms with Crippen molar-refractivity contribution in [3.05, 3.63) is 155 Å². The molecule has 8 aromatic rings. The Kier molecular flexibility index (Phi) is 6.15. The first-order chi connectivity index (χ1) is 20.7. The molecule has 7 aromatic carbocycles. The highest BCUT2D eigenvalue weighted by Crippen LogP contribution is 2.37. The van der Waals surface area contributed by atoms with Crippen molar-refractivity contribution in [3.63, 3.8) is 0 Å². The van der Waals surface area contributed by atoms with E-state index in [1.165, 1.54) is 47.7 Å². The van der Waals surface area contributed by atoms with Gasteiger partial charge in [-0.05, 0) is 103 Å². The van der Waals surface area contributed by atoms with E-state index in [2.05, 4.69) is 162 Å². The van der Waals surface area contributed by atoms with Crippen LogP contribution < -0.4 is 0 Å². The van der Waals surface area contributed by atoms with Gasteiger partial charge in [-0.3, -0.25) is 0 Å². The number of fused-ring (bicyclic) bond motifs is 4. The van der Waals surface area contributed by atoms with Gasteiger partial charge in [0.15, 0.2) is 0 Å². The van der Waals surface area contributed by atoms with E-state index >= 15 is 0 Å². The smallest absolute Gasteiger partial charge is 0.143 e. The first-order valence-electron chi connectivity index (χ1n) is 14.1. The molecule has 0 N–H and O–H groups in total. The molecule has 2 heteroatoms. The lowest BCUT2D eigenvalue weighted by Gasteiger charge is -2.09. The minimum atomic E-state index is 0.925. The molecular weight excluding hydrogens is 623 g/mol. The van der Waals surface area contributed by atoms with Gasteiger partial charge in [-0.2, -0.15) is 0 Å². The molecule has 42 heavy (non-hydrogen) atoms. The van der Waals surface area contributed by atoms with E-state index in [9.17, 15) is 0 Å². The van der Waals surface area contributed by atoms with Crippen molar-refractivity contribution >= 4 is 55.3 Å². The summed E-state index contributed by atoms with van der Waals surface area (Å²) in [7, 11) is 0. The second kappa shape index (κ2) is 10.3. The number of rotatable bonds is 4. The van der Waals surface area contributed by atoms with E-state index < -0.39 is 0 Å². The van der Waals surface area contributed by atoms with E-state index in [-0.39, 0.29) is 0 Å². The fourth-order valence-corrected chi connectivity index (χ4v) is 6.28. The molecule has 0 fully saturated rings. The number of para-hydroxylation sites is 2. The Morgan fingerprint density at radius 2 is 0.881 bits per heavy atom. The van der Waals surface area contributed by atoms with E-state index in [0.29, 0.717) is 0 Å². The van der Waals surface area contributed by atoms with Crippen LogP contribution in [0.2, 0.25) is 0 Å². The molecule has 0 aliphatic heterocycles. The monoisotopic (exact) mass is 648 g/mol. The van der Waals surface area contributed by atoms with Crippen LogP contribution in [0.15, 0.2) is 156 Å². The standard InChI is InChI=1S/C40H25IO/c41-35-22-20-27(21-23-35)26-8-10-28(11-9-26)32-18-14-30-15-19-33(25-34(30)24-32)29-12-16-31(17-13-29)36-5-3-6-38-37-4-1-2-7-39(37)42-40(36)38/h1-25H. The third-order valence-electron chi connectivity index (χ3n) is 8.17. The van der Waals surface area contributed by atoms with Gasteiger partial charge in [-0.15, -0.1) is 0 Å². The molecule has 0 aliphatic carbocycles. The average molecular weight is 649 g/mol. The summed E-state index contributed by atoms with van der Waals surface area (Å²) < 4.78 is 7.53. The van der Waals surface area contributed by atoms with Crippen molar-refractivity contribution in [1.29, 1.82) is 0 Å². The first kappa shape index (κ1) is 25.1. The zero-order valence-corrected chi connectivity index (χ0v) is 24.9. The summed E-state index contributed by atoms with van der Waals surface area (Å²) in [6.07, 6.45) is 0. The second-order valence-corrected chi connectivity index (χ2v) is 12.0. The molecule has 1 nitrogen and oxygen atoms in total. The molecule has 1 aromatic heterocycles. The first-order valence-corrected chi connectivity index (χ1v) is 15.2. The van der Waals surface area contributed by atoms with Gasteiger partial charge in [0.2, 0.25) is 0 Å². The molecule has 1 heterocycles. The topological polar surface area (TPSA) is 13.1 Å². The van der Waals surface area contributed by atoms with Gasteiger partial charge in [-0.25, -0.2) is 0 Å². The number of furan rings is 1. The molecule has 0 bridgehead atoms. The minimum Gasteiger partial charge on any atom is -0.455 e. The summed E-state index contributed by atoms with van der Waals surface area (Å²) in [5.74, 6) is 0. The van der Waals surface area contributed by atoms with Crippen molar-refractivity contribution in [2.45, 2.75) is 0 Å². The van der Waals surface area contributed by atoms with E-state index in [1.807, 2.05) is 12.1 Å². The SMILES string of the molecule is Ic1ccc(-c2ccc(-c3ccc4ccc(-c5ccc(-c6cccc7c6oc6ccccc67)cc5)cc4c3)cc2)cc1. The molecule has 0 aliphatic rings. The van der Waals surface area contributed by atoms with Gasteiger partial charge in [-0.1, -0.05) is 121 Å². The summed E-state index contributed by atoms with van der Waals surface area (Å²) >= 11 is 2.35. The summed E-state index contributed by atoms with van der Waals surface area (Å²) in [5, 5.41) is 4.79. The van der Waals surface area contributed by atoms with Crippen molar-refractivity contribution in [2.24, 2.45) is 0 Å². The second-order valence-electron chi connectivity index (χ2n) is 10.7. The normalized spacial score (nSPS) is 11.5. The number of hydrogen-bond donors (Lipinski definition) is 0. The zero-order valence-electron chi connectivity index (χ0n) is 22.7. The van der Waals surface area contributed by atoms with Crippen molar-refractivity contribution in [3.8, 4) is 44.5 Å². The number of hydrogen-bond acceptors (Lipinski definition) is 1. The third kappa shape index (κ3) is 4.49. The van der Waals surface area contributed by atoms with Gasteiger partial charge in [0.1, 0.15) is 11.2 Å². The van der Waals surface area contributed by atoms with Crippen LogP contribution in [-0.2, 0) is 0 Å². The predicted octanol–water partition coefficient (Wildman–Crippen LogP) is 12.0. The van der Waals surface area contributed by atoms with Crippen LogP contribution in [0.5, 0.6) is 0 Å². The van der Waals surface area contributed by atoms with Crippen LogP contribution >= 0.6 is 22.6 Å². The average Bonchev–Trinajstić information content (AvgIpc) is 3.44. The molecule has 198 valence electrons. The lowest BCUT2D eigenvalue weighted by molar-refractivity contribution is 0.670. The Morgan fingerprint density at radius 3 is 1.52 bits per heavy atom. The maximum absolute atomic E-state index is 6.28. The third-order valence-corrected chi connectivity index (χ3v) is 8.89. The van der Waals surface area contributed by atoms with E-state index in [4.69, 9.17) is 4.42 Å². The van der Waals surface area contributed by atoms with Crippen LogP contribution in [-0.4, -0.2) is 0 Å². The highest BCUT2D eigenvalue weighted by molar-refractivity contribution is 14.1. The highest BCUT2D eigenvalue weighted by Gasteiger charge is 2.12. The lowest BCUT2D eigenvalue weighted by atomic mass is 9.95. The summed E-state index contributed by atoms with van der Waals surface area (Å²) in [6.45, 7) is 0. The molecule has 0 saturated carbocycles. The van der Waals surface area contributed by atoms with Crippen LogP contribution in [0.3, 0.4) is 0 Å². The Hall–Kier alpha value is -4.67. The van der Waals surface area contributed by atoms with Gasteiger partial charge in [0, 0.05) is 19.9 Å². The van der Waals surface area contributed by atoms with Crippen molar-refractivity contribution < 1.29 is 4.42 Å². The van der Waals surface area contributed by atoms with E-state index in [0.717, 1.165) is 33.1 Å². The van der Waals surface area contributed by atoms with Gasteiger partial charge in [0.25, 0.3) is 0 Å². The van der Waals surface area contributed by atoms with Crippen LogP contribution in [0.1, 0.15) is 0 Å². The molecular formula is C40H25IO. The molecule has 0 unspecified atom stereocenters. The zero-order chi connectivity index (χ0) is 28.0. The summed E-state index contributed by atoms with van der Waals surface area (Å²) in [5.41, 5.74) is 11.5. The Balaban J connectivity index is 1.10.